The van der Waals surface area contributed by atoms with Crippen molar-refractivity contribution in [3.8, 4) is 0 Å². The monoisotopic (exact) mass is 229 g/mol. The highest BCUT2D eigenvalue weighted by Crippen LogP contribution is 1.98. The van der Waals surface area contributed by atoms with Gasteiger partial charge in [-0.2, -0.15) is 0 Å². The maximum Gasteiger partial charge on any atom is 0.303 e. The van der Waals surface area contributed by atoms with E-state index in [2.05, 4.69) is 10.6 Å². The predicted octanol–water partition coefficient (Wildman–Crippen LogP) is -1.13. The maximum atomic E-state index is 11.7. The fourth-order valence-electron chi connectivity index (χ4n) is 1.59. The van der Waals surface area contributed by atoms with E-state index in [1.54, 1.807) is 4.90 Å². The molecule has 0 bridgehead atoms. The van der Waals surface area contributed by atoms with Crippen LogP contribution in [0.3, 0.4) is 0 Å². The molecule has 0 spiro atoms. The largest absolute Gasteiger partial charge is 0.481 e. The molecule has 1 saturated heterocycles. The van der Waals surface area contributed by atoms with Crippen LogP contribution in [0.1, 0.15) is 12.8 Å². The van der Waals surface area contributed by atoms with Crippen LogP contribution in [-0.4, -0.2) is 61.2 Å². The van der Waals surface area contributed by atoms with Gasteiger partial charge in [-0.3, -0.25) is 9.59 Å². The Morgan fingerprint density at radius 1 is 1.00 bits per heavy atom. The number of carboxylic acids is 1. The fraction of sp³-hybridized carbons (Fsp3) is 0.800. The molecule has 1 rings (SSSR count). The third-order valence-corrected chi connectivity index (χ3v) is 2.50. The highest BCUT2D eigenvalue weighted by atomic mass is 16.4. The first-order chi connectivity index (χ1) is 7.70. The van der Waals surface area contributed by atoms with Gasteiger partial charge in [0.25, 0.3) is 0 Å². The summed E-state index contributed by atoms with van der Waals surface area (Å²) in [7, 11) is 0. The molecule has 0 aromatic rings. The first-order valence-corrected chi connectivity index (χ1v) is 5.61. The van der Waals surface area contributed by atoms with Crippen molar-refractivity contribution in [2.24, 2.45) is 0 Å². The predicted molar refractivity (Wildman–Crippen MR) is 59.2 cm³/mol. The molecule has 0 aromatic carbocycles. The normalized spacial score (nSPS) is 18.4. The van der Waals surface area contributed by atoms with Crippen molar-refractivity contribution in [3.05, 3.63) is 0 Å². The van der Waals surface area contributed by atoms with Gasteiger partial charge < -0.3 is 20.6 Å². The fourth-order valence-corrected chi connectivity index (χ4v) is 1.59. The molecule has 0 aromatic heterocycles. The van der Waals surface area contributed by atoms with Gasteiger partial charge >= 0.3 is 5.97 Å². The Labute approximate surface area is 95.0 Å². The Balaban J connectivity index is 2.35. The van der Waals surface area contributed by atoms with Crippen molar-refractivity contribution in [1.29, 1.82) is 0 Å². The number of carbonyl (C=O) groups is 2. The number of hydrogen-bond donors (Lipinski definition) is 3. The van der Waals surface area contributed by atoms with Crippen molar-refractivity contribution in [3.63, 3.8) is 0 Å². The summed E-state index contributed by atoms with van der Waals surface area (Å²) in [6.07, 6.45) is 0.00548. The van der Waals surface area contributed by atoms with E-state index < -0.39 is 5.97 Å². The topological polar surface area (TPSA) is 81.7 Å². The summed E-state index contributed by atoms with van der Waals surface area (Å²) < 4.78 is 0. The van der Waals surface area contributed by atoms with Crippen LogP contribution in [0, 0.1) is 0 Å². The van der Waals surface area contributed by atoms with Crippen LogP contribution in [0.2, 0.25) is 0 Å². The second-order valence-electron chi connectivity index (χ2n) is 3.77. The van der Waals surface area contributed by atoms with Gasteiger partial charge in [-0.15, -0.1) is 0 Å². The van der Waals surface area contributed by atoms with Crippen LogP contribution in [0.15, 0.2) is 0 Å². The summed E-state index contributed by atoms with van der Waals surface area (Å²) in [5.41, 5.74) is 0. The van der Waals surface area contributed by atoms with E-state index >= 15 is 0 Å². The molecule has 0 saturated carbocycles. The van der Waals surface area contributed by atoms with E-state index in [-0.39, 0.29) is 18.7 Å². The number of hydrogen-bond acceptors (Lipinski definition) is 4. The van der Waals surface area contributed by atoms with E-state index in [0.29, 0.717) is 13.1 Å². The standard InChI is InChI=1S/C10H19N3O3/c14-9(1-2-10(15)16)13-7-5-11-3-4-12-6-8-13/h11-12H,1-8H2,(H,15,16). The highest BCUT2D eigenvalue weighted by Gasteiger charge is 2.14. The maximum absolute atomic E-state index is 11.7. The molecular formula is C10H19N3O3. The number of carboxylic acid groups (broad SMARTS) is 1. The summed E-state index contributed by atoms with van der Waals surface area (Å²) in [5.74, 6) is -0.998. The Kier molecular flexibility index (Phi) is 5.81. The Bertz CT molecular complexity index is 235. The van der Waals surface area contributed by atoms with Crippen molar-refractivity contribution < 1.29 is 14.7 Å². The van der Waals surface area contributed by atoms with Crippen LogP contribution in [0.5, 0.6) is 0 Å². The van der Waals surface area contributed by atoms with Gasteiger partial charge in [0.2, 0.25) is 5.91 Å². The zero-order valence-electron chi connectivity index (χ0n) is 9.37. The summed E-state index contributed by atoms with van der Waals surface area (Å²) in [6, 6.07) is 0. The third kappa shape index (κ3) is 5.09. The average molecular weight is 229 g/mol. The molecule has 1 aliphatic heterocycles. The van der Waals surface area contributed by atoms with Gasteiger partial charge in [0, 0.05) is 45.7 Å². The van der Waals surface area contributed by atoms with Crippen LogP contribution in [0.4, 0.5) is 0 Å². The van der Waals surface area contributed by atoms with Gasteiger partial charge in [0.05, 0.1) is 6.42 Å². The summed E-state index contributed by atoms with van der Waals surface area (Å²) in [4.78, 5) is 23.8. The Morgan fingerprint density at radius 2 is 1.56 bits per heavy atom. The molecule has 1 amide bonds. The molecule has 92 valence electrons. The van der Waals surface area contributed by atoms with Crippen LogP contribution < -0.4 is 10.6 Å². The zero-order chi connectivity index (χ0) is 11.8. The lowest BCUT2D eigenvalue weighted by molar-refractivity contribution is -0.140. The minimum Gasteiger partial charge on any atom is -0.481 e. The molecule has 0 atom stereocenters. The molecule has 0 unspecified atom stereocenters. The number of carbonyl (C=O) groups excluding carboxylic acids is 1. The molecular weight excluding hydrogens is 210 g/mol. The number of aliphatic carboxylic acids is 1. The number of nitrogens with zero attached hydrogens (tertiary/aromatic N) is 1. The van der Waals surface area contributed by atoms with Gasteiger partial charge in [-0.25, -0.2) is 0 Å². The molecule has 0 radical (unpaired) electrons. The first-order valence-electron chi connectivity index (χ1n) is 5.61. The minimum absolute atomic E-state index is 0.0760. The van der Waals surface area contributed by atoms with Crippen molar-refractivity contribution in [2.45, 2.75) is 12.8 Å². The molecule has 3 N–H and O–H groups in total. The Morgan fingerprint density at radius 3 is 2.06 bits per heavy atom. The van der Waals surface area contributed by atoms with Gasteiger partial charge in [0.1, 0.15) is 0 Å². The molecule has 1 fully saturated rings. The van der Waals surface area contributed by atoms with E-state index in [9.17, 15) is 9.59 Å². The molecule has 1 heterocycles. The molecule has 6 heteroatoms. The van der Waals surface area contributed by atoms with Crippen LogP contribution >= 0.6 is 0 Å². The molecule has 1 aliphatic rings. The smallest absolute Gasteiger partial charge is 0.303 e. The highest BCUT2D eigenvalue weighted by molar-refractivity contribution is 5.80. The number of nitrogens with one attached hydrogen (secondary N) is 2. The Hall–Kier alpha value is -1.14. The van der Waals surface area contributed by atoms with Gasteiger partial charge in [0.15, 0.2) is 0 Å². The average Bonchev–Trinajstić information content (AvgIpc) is 2.38. The summed E-state index contributed by atoms with van der Waals surface area (Å²) in [6.45, 7) is 4.63. The summed E-state index contributed by atoms with van der Waals surface area (Å²) in [5, 5.41) is 14.9. The van der Waals surface area contributed by atoms with E-state index in [0.717, 1.165) is 26.2 Å². The van der Waals surface area contributed by atoms with Crippen molar-refractivity contribution in [2.75, 3.05) is 39.3 Å². The van der Waals surface area contributed by atoms with Crippen LogP contribution in [0.25, 0.3) is 0 Å². The lowest BCUT2D eigenvalue weighted by Crippen LogP contribution is -2.38. The second-order valence-corrected chi connectivity index (χ2v) is 3.77. The number of rotatable bonds is 3. The summed E-state index contributed by atoms with van der Waals surface area (Å²) >= 11 is 0. The lowest BCUT2D eigenvalue weighted by Gasteiger charge is -2.21. The van der Waals surface area contributed by atoms with E-state index in [1.165, 1.54) is 0 Å². The van der Waals surface area contributed by atoms with E-state index in [1.807, 2.05) is 0 Å². The van der Waals surface area contributed by atoms with Crippen molar-refractivity contribution >= 4 is 11.9 Å². The van der Waals surface area contributed by atoms with E-state index in [4.69, 9.17) is 5.11 Å². The molecule has 6 nitrogen and oxygen atoms in total. The van der Waals surface area contributed by atoms with Gasteiger partial charge in [-0.05, 0) is 0 Å². The SMILES string of the molecule is O=C(O)CCC(=O)N1CCNCCNCC1. The first kappa shape index (κ1) is 12.9. The lowest BCUT2D eigenvalue weighted by atomic mass is 10.2. The molecule has 0 aliphatic carbocycles. The van der Waals surface area contributed by atoms with Gasteiger partial charge in [-0.1, -0.05) is 0 Å². The quantitative estimate of drug-likeness (QED) is 0.570. The second kappa shape index (κ2) is 7.19. The third-order valence-electron chi connectivity index (χ3n) is 2.50. The zero-order valence-corrected chi connectivity index (χ0v) is 9.37. The van der Waals surface area contributed by atoms with Crippen LogP contribution in [-0.2, 0) is 9.59 Å². The minimum atomic E-state index is -0.922. The number of amides is 1. The van der Waals surface area contributed by atoms with Crippen molar-refractivity contribution in [1.82, 2.24) is 15.5 Å². The molecule has 16 heavy (non-hydrogen) atoms.